The van der Waals surface area contributed by atoms with E-state index in [4.69, 9.17) is 9.15 Å². The maximum Gasteiger partial charge on any atom is 0.315 e. The molecule has 0 radical (unpaired) electrons. The molecule has 2 aromatic heterocycles. The highest BCUT2D eigenvalue weighted by molar-refractivity contribution is 9.10. The molecule has 2 aromatic rings. The summed E-state index contributed by atoms with van der Waals surface area (Å²) in [7, 11) is 0. The SMILES string of the molecule is Brc1cnc(-c2nnc(NCC3CCCCO3)o2)nc1. The molecule has 0 spiro atoms. The number of hydrogen-bond donors (Lipinski definition) is 1. The lowest BCUT2D eigenvalue weighted by Crippen LogP contribution is -2.27. The summed E-state index contributed by atoms with van der Waals surface area (Å²) in [6, 6.07) is 0.362. The highest BCUT2D eigenvalue weighted by atomic mass is 79.9. The summed E-state index contributed by atoms with van der Waals surface area (Å²) in [6.07, 6.45) is 6.88. The maximum absolute atomic E-state index is 5.62. The van der Waals surface area contributed by atoms with Crippen molar-refractivity contribution in [3.8, 4) is 11.7 Å². The molecule has 0 saturated carbocycles. The molecule has 1 unspecified atom stereocenters. The molecule has 0 amide bonds. The van der Waals surface area contributed by atoms with Crippen molar-refractivity contribution < 1.29 is 9.15 Å². The number of aromatic nitrogens is 4. The van der Waals surface area contributed by atoms with E-state index in [1.54, 1.807) is 12.4 Å². The Balaban J connectivity index is 1.60. The van der Waals surface area contributed by atoms with Gasteiger partial charge in [0.25, 0.3) is 5.89 Å². The normalized spacial score (nSPS) is 18.9. The summed E-state index contributed by atoms with van der Waals surface area (Å²) >= 11 is 3.27. The molecule has 1 aliphatic rings. The van der Waals surface area contributed by atoms with Gasteiger partial charge in [-0.15, -0.1) is 5.10 Å². The average Bonchev–Trinajstić information content (AvgIpc) is 2.96. The molecular formula is C12H14BrN5O2. The number of rotatable bonds is 4. The number of hydrogen-bond acceptors (Lipinski definition) is 7. The summed E-state index contributed by atoms with van der Waals surface area (Å²) < 4.78 is 11.9. The molecular weight excluding hydrogens is 326 g/mol. The zero-order valence-electron chi connectivity index (χ0n) is 10.8. The minimum Gasteiger partial charge on any atom is -0.400 e. The van der Waals surface area contributed by atoms with Gasteiger partial charge >= 0.3 is 6.01 Å². The first-order valence-corrected chi connectivity index (χ1v) is 7.27. The molecule has 8 heteroatoms. The van der Waals surface area contributed by atoms with E-state index in [-0.39, 0.29) is 6.10 Å². The van der Waals surface area contributed by atoms with Gasteiger partial charge in [0.1, 0.15) is 0 Å². The van der Waals surface area contributed by atoms with Crippen LogP contribution in [0.5, 0.6) is 0 Å². The lowest BCUT2D eigenvalue weighted by molar-refractivity contribution is 0.0245. The van der Waals surface area contributed by atoms with Gasteiger partial charge in [-0.05, 0) is 35.2 Å². The standard InChI is InChI=1S/C12H14BrN5O2/c13-8-5-14-10(15-6-8)11-17-18-12(20-11)16-7-9-3-1-2-4-19-9/h5-6,9H,1-4,7H2,(H,16,18). The van der Waals surface area contributed by atoms with Crippen LogP contribution in [0.25, 0.3) is 11.7 Å². The van der Waals surface area contributed by atoms with Crippen molar-refractivity contribution in [3.63, 3.8) is 0 Å². The topological polar surface area (TPSA) is 86.0 Å². The molecule has 3 rings (SSSR count). The van der Waals surface area contributed by atoms with Crippen LogP contribution in [0.2, 0.25) is 0 Å². The smallest absolute Gasteiger partial charge is 0.315 e. The summed E-state index contributed by atoms with van der Waals surface area (Å²) in [5, 5.41) is 10.9. The van der Waals surface area contributed by atoms with Crippen molar-refractivity contribution in [1.82, 2.24) is 20.2 Å². The number of anilines is 1. The Morgan fingerprint density at radius 3 is 2.85 bits per heavy atom. The van der Waals surface area contributed by atoms with Gasteiger partial charge < -0.3 is 14.5 Å². The molecule has 0 bridgehead atoms. The van der Waals surface area contributed by atoms with Gasteiger partial charge in [-0.2, -0.15) is 0 Å². The molecule has 3 heterocycles. The van der Waals surface area contributed by atoms with E-state index in [9.17, 15) is 0 Å². The first-order valence-electron chi connectivity index (χ1n) is 6.48. The molecule has 1 saturated heterocycles. The summed E-state index contributed by atoms with van der Waals surface area (Å²) in [5.41, 5.74) is 0. The van der Waals surface area contributed by atoms with Gasteiger partial charge in [0.15, 0.2) is 0 Å². The molecule has 1 atom stereocenters. The third kappa shape index (κ3) is 3.31. The Morgan fingerprint density at radius 2 is 2.10 bits per heavy atom. The second-order valence-electron chi connectivity index (χ2n) is 4.51. The molecule has 20 heavy (non-hydrogen) atoms. The van der Waals surface area contributed by atoms with Gasteiger partial charge in [-0.1, -0.05) is 5.10 Å². The number of halogens is 1. The Morgan fingerprint density at radius 1 is 1.25 bits per heavy atom. The third-order valence-electron chi connectivity index (χ3n) is 2.99. The van der Waals surface area contributed by atoms with Crippen LogP contribution in [0.4, 0.5) is 6.01 Å². The fraction of sp³-hybridized carbons (Fsp3) is 0.500. The molecule has 0 aliphatic carbocycles. The quantitative estimate of drug-likeness (QED) is 0.914. The fourth-order valence-corrected chi connectivity index (χ4v) is 2.18. The summed E-state index contributed by atoms with van der Waals surface area (Å²) in [6.45, 7) is 1.50. The predicted molar refractivity (Wildman–Crippen MR) is 75.1 cm³/mol. The van der Waals surface area contributed by atoms with Gasteiger partial charge in [-0.25, -0.2) is 9.97 Å². The zero-order chi connectivity index (χ0) is 13.8. The first-order chi connectivity index (χ1) is 9.81. The number of nitrogens with one attached hydrogen (secondary N) is 1. The van der Waals surface area contributed by atoms with E-state index < -0.39 is 0 Å². The second-order valence-corrected chi connectivity index (χ2v) is 5.42. The lowest BCUT2D eigenvalue weighted by Gasteiger charge is -2.22. The monoisotopic (exact) mass is 339 g/mol. The van der Waals surface area contributed by atoms with Gasteiger partial charge in [0.05, 0.1) is 10.6 Å². The summed E-state index contributed by atoms with van der Waals surface area (Å²) in [4.78, 5) is 8.21. The Kier molecular flexibility index (Phi) is 4.22. The highest BCUT2D eigenvalue weighted by Gasteiger charge is 2.16. The molecule has 1 fully saturated rings. The molecule has 7 nitrogen and oxygen atoms in total. The molecule has 1 aliphatic heterocycles. The minimum atomic E-state index is 0.211. The van der Waals surface area contributed by atoms with Crippen molar-refractivity contribution in [2.75, 3.05) is 18.5 Å². The van der Waals surface area contributed by atoms with E-state index in [2.05, 4.69) is 41.4 Å². The number of nitrogens with zero attached hydrogens (tertiary/aromatic N) is 4. The second kappa shape index (κ2) is 6.27. The van der Waals surface area contributed by atoms with E-state index in [0.29, 0.717) is 24.3 Å². The van der Waals surface area contributed by atoms with Gasteiger partial charge in [0.2, 0.25) is 5.82 Å². The Bertz CT molecular complexity index is 553. The van der Waals surface area contributed by atoms with E-state index in [0.717, 1.165) is 23.9 Å². The lowest BCUT2D eigenvalue weighted by atomic mass is 10.1. The van der Waals surface area contributed by atoms with E-state index in [1.807, 2.05) is 0 Å². The van der Waals surface area contributed by atoms with Crippen molar-refractivity contribution in [1.29, 1.82) is 0 Å². The van der Waals surface area contributed by atoms with Crippen LogP contribution < -0.4 is 5.32 Å². The van der Waals surface area contributed by atoms with E-state index in [1.165, 1.54) is 6.42 Å². The minimum absolute atomic E-state index is 0.211. The summed E-state index contributed by atoms with van der Waals surface area (Å²) in [5.74, 6) is 0.701. The van der Waals surface area contributed by atoms with Crippen LogP contribution in [0.3, 0.4) is 0 Å². The van der Waals surface area contributed by atoms with Gasteiger partial charge in [0, 0.05) is 25.5 Å². The predicted octanol–water partition coefficient (Wildman–Crippen LogP) is 2.27. The van der Waals surface area contributed by atoms with Crippen LogP contribution in [-0.2, 0) is 4.74 Å². The van der Waals surface area contributed by atoms with Crippen molar-refractivity contribution in [3.05, 3.63) is 16.9 Å². The van der Waals surface area contributed by atoms with Crippen LogP contribution in [0, 0.1) is 0 Å². The van der Waals surface area contributed by atoms with Crippen LogP contribution in [0.1, 0.15) is 19.3 Å². The zero-order valence-corrected chi connectivity index (χ0v) is 12.3. The van der Waals surface area contributed by atoms with E-state index >= 15 is 0 Å². The molecule has 106 valence electrons. The maximum atomic E-state index is 5.62. The van der Waals surface area contributed by atoms with Crippen LogP contribution in [-0.4, -0.2) is 39.4 Å². The largest absolute Gasteiger partial charge is 0.400 e. The highest BCUT2D eigenvalue weighted by Crippen LogP contribution is 2.18. The molecule has 0 aromatic carbocycles. The van der Waals surface area contributed by atoms with Crippen molar-refractivity contribution in [2.24, 2.45) is 0 Å². The van der Waals surface area contributed by atoms with Crippen LogP contribution >= 0.6 is 15.9 Å². The number of ether oxygens (including phenoxy) is 1. The Hall–Kier alpha value is -1.54. The van der Waals surface area contributed by atoms with Crippen molar-refractivity contribution >= 4 is 21.9 Å². The van der Waals surface area contributed by atoms with Crippen LogP contribution in [0.15, 0.2) is 21.3 Å². The van der Waals surface area contributed by atoms with Gasteiger partial charge in [-0.3, -0.25) is 0 Å². The van der Waals surface area contributed by atoms with Crippen molar-refractivity contribution in [2.45, 2.75) is 25.4 Å². The average molecular weight is 340 g/mol. The Labute approximate surface area is 124 Å². The molecule has 1 N–H and O–H groups in total. The fourth-order valence-electron chi connectivity index (χ4n) is 1.98. The first kappa shape index (κ1) is 13.4. The third-order valence-corrected chi connectivity index (χ3v) is 3.40.